The minimum atomic E-state index is -3.66. The molecule has 2 heterocycles. The third-order valence-electron chi connectivity index (χ3n) is 4.50. The average Bonchev–Trinajstić information content (AvgIpc) is 2.66. The smallest absolute Gasteiger partial charge is 0.234 e. The van der Waals surface area contributed by atoms with Crippen LogP contribution in [0.3, 0.4) is 0 Å². The summed E-state index contributed by atoms with van der Waals surface area (Å²) in [5.41, 5.74) is 2.33. The predicted octanol–water partition coefficient (Wildman–Crippen LogP) is 1.39. The molecule has 2 aromatic heterocycles. The lowest BCUT2D eigenvalue weighted by molar-refractivity contribution is 0.564. The van der Waals surface area contributed by atoms with Crippen molar-refractivity contribution >= 4 is 25.6 Å². The Bertz CT molecular complexity index is 1100. The maximum atomic E-state index is 11.1. The van der Waals surface area contributed by atoms with Crippen molar-refractivity contribution in [3.8, 4) is 0 Å². The van der Waals surface area contributed by atoms with Gasteiger partial charge in [0.1, 0.15) is 5.82 Å². The van der Waals surface area contributed by atoms with E-state index in [4.69, 9.17) is 10.3 Å². The van der Waals surface area contributed by atoms with Gasteiger partial charge in [0.2, 0.25) is 20.0 Å². The van der Waals surface area contributed by atoms with Gasteiger partial charge in [-0.2, -0.15) is 0 Å². The van der Waals surface area contributed by atoms with Crippen LogP contribution in [-0.2, 0) is 20.0 Å². The molecule has 0 aromatic carbocycles. The second-order valence-electron chi connectivity index (χ2n) is 7.01. The van der Waals surface area contributed by atoms with Crippen LogP contribution in [0.4, 0.5) is 0 Å². The summed E-state index contributed by atoms with van der Waals surface area (Å²) in [6.07, 6.45) is 6.58. The zero-order valence-corrected chi connectivity index (χ0v) is 19.5. The summed E-state index contributed by atoms with van der Waals surface area (Å²) >= 11 is 0. The molecule has 0 unspecified atom stereocenters. The van der Waals surface area contributed by atoms with Crippen LogP contribution in [0.25, 0.3) is 5.57 Å². The van der Waals surface area contributed by atoms with Crippen LogP contribution in [-0.4, -0.2) is 42.0 Å². The number of aromatic nitrogens is 4. The highest BCUT2D eigenvalue weighted by molar-refractivity contribution is 7.93. The van der Waals surface area contributed by atoms with Gasteiger partial charge in [-0.25, -0.2) is 47.0 Å². The van der Waals surface area contributed by atoms with Crippen molar-refractivity contribution in [1.82, 2.24) is 19.9 Å². The summed E-state index contributed by atoms with van der Waals surface area (Å²) < 4.78 is 44.4. The molecule has 30 heavy (non-hydrogen) atoms. The normalized spacial score (nSPS) is 14.8. The molecule has 0 spiro atoms. The Balaban J connectivity index is 0.000000300. The Labute approximate surface area is 178 Å². The van der Waals surface area contributed by atoms with Gasteiger partial charge in [0.15, 0.2) is 5.82 Å². The minimum absolute atomic E-state index is 0.0892. The number of hydrogen-bond donors (Lipinski definition) is 2. The first-order valence-corrected chi connectivity index (χ1v) is 12.1. The molecule has 0 aliphatic rings. The van der Waals surface area contributed by atoms with Crippen LogP contribution in [0.1, 0.15) is 56.4 Å². The number of sulfonamides is 2. The fraction of sp³-hybridized carbons (Fsp3) is 0.444. The highest BCUT2D eigenvalue weighted by Gasteiger charge is 2.25. The van der Waals surface area contributed by atoms with Crippen molar-refractivity contribution in [2.75, 3.05) is 0 Å². The van der Waals surface area contributed by atoms with Crippen LogP contribution in [0.5, 0.6) is 0 Å². The van der Waals surface area contributed by atoms with E-state index in [-0.39, 0.29) is 10.8 Å². The van der Waals surface area contributed by atoms with E-state index in [2.05, 4.69) is 19.9 Å². The van der Waals surface area contributed by atoms with E-state index in [9.17, 15) is 16.8 Å². The van der Waals surface area contributed by atoms with E-state index in [1.54, 1.807) is 45.6 Å². The summed E-state index contributed by atoms with van der Waals surface area (Å²) in [5, 5.41) is 9.39. The van der Waals surface area contributed by atoms with Crippen molar-refractivity contribution in [3.05, 3.63) is 52.5 Å². The third-order valence-corrected chi connectivity index (χ3v) is 7.11. The van der Waals surface area contributed by atoms with Crippen molar-refractivity contribution in [1.29, 1.82) is 0 Å². The van der Waals surface area contributed by atoms with Crippen molar-refractivity contribution in [2.45, 2.75) is 52.7 Å². The first-order chi connectivity index (χ1) is 13.6. The van der Waals surface area contributed by atoms with Crippen LogP contribution >= 0.6 is 0 Å². The van der Waals surface area contributed by atoms with E-state index in [1.807, 2.05) is 13.8 Å². The lowest BCUT2D eigenvalue weighted by Gasteiger charge is -2.16. The van der Waals surface area contributed by atoms with Crippen molar-refractivity contribution < 1.29 is 16.8 Å². The lowest BCUT2D eigenvalue weighted by atomic mass is 10.1. The molecule has 2 rings (SSSR count). The van der Waals surface area contributed by atoms with E-state index < -0.39 is 25.3 Å². The summed E-state index contributed by atoms with van der Waals surface area (Å²) in [6.45, 7) is 10.1. The van der Waals surface area contributed by atoms with Crippen LogP contribution in [0.2, 0.25) is 0 Å². The van der Waals surface area contributed by atoms with Crippen LogP contribution in [0, 0.1) is 13.8 Å². The molecule has 4 N–H and O–H groups in total. The second-order valence-corrected chi connectivity index (χ2v) is 10.6. The lowest BCUT2D eigenvalue weighted by Crippen LogP contribution is -2.31. The monoisotopic (exact) mass is 456 g/mol. The van der Waals surface area contributed by atoms with E-state index >= 15 is 0 Å². The molecular formula is C18H28N6O4S2. The summed E-state index contributed by atoms with van der Waals surface area (Å²) in [6, 6.07) is 0. The molecule has 2 aromatic rings. The van der Waals surface area contributed by atoms with Gasteiger partial charge in [-0.3, -0.25) is 0 Å². The van der Waals surface area contributed by atoms with Crippen LogP contribution in [0.15, 0.2) is 29.7 Å². The Kier molecular flexibility index (Phi) is 8.72. The van der Waals surface area contributed by atoms with Crippen molar-refractivity contribution in [2.24, 2.45) is 10.3 Å². The van der Waals surface area contributed by atoms with Crippen molar-refractivity contribution in [3.63, 3.8) is 0 Å². The molecule has 166 valence electrons. The number of aryl methyl sites for hydroxylation is 2. The molecule has 0 fully saturated rings. The maximum absolute atomic E-state index is 11.1. The summed E-state index contributed by atoms with van der Waals surface area (Å²) in [4.78, 5) is 16.3. The number of allylic oxidation sites excluding steroid dienone is 2. The third kappa shape index (κ3) is 7.52. The number of nitrogens with two attached hydrogens (primary N) is 2. The Morgan fingerprint density at radius 1 is 0.833 bits per heavy atom. The Hall–Kier alpha value is -2.28. The number of nitrogens with zero attached hydrogens (tertiary/aromatic N) is 4. The molecule has 0 bridgehead atoms. The van der Waals surface area contributed by atoms with Gasteiger partial charge in [-0.1, -0.05) is 6.92 Å². The first kappa shape index (κ1) is 25.8. The maximum Gasteiger partial charge on any atom is 0.234 e. The fourth-order valence-electron chi connectivity index (χ4n) is 2.09. The zero-order valence-electron chi connectivity index (χ0n) is 17.9. The molecule has 0 radical (unpaired) electrons. The van der Waals surface area contributed by atoms with Gasteiger partial charge >= 0.3 is 0 Å². The highest BCUT2D eigenvalue weighted by Crippen LogP contribution is 2.19. The standard InChI is InChI=1S/C9H15N3O2S.C9H13N3O2S/c2*1-6-4-11-9(12-5-6)7(2)8(3)15(10,13)14/h4-5,7-8H,1-3H3,(H2,10,13,14);4-5H,1-3H3,(H2,10,13,14)/b;8-7+/t7-,8-;/m0./s1. The molecule has 0 aliphatic heterocycles. The quantitative estimate of drug-likeness (QED) is 0.679. The second kappa shape index (κ2) is 10.2. The molecule has 0 saturated carbocycles. The van der Waals surface area contributed by atoms with Gasteiger partial charge in [0.05, 0.1) is 10.2 Å². The number of hydrogen-bond acceptors (Lipinski definition) is 8. The first-order valence-electron chi connectivity index (χ1n) is 8.94. The highest BCUT2D eigenvalue weighted by atomic mass is 32.2. The Morgan fingerprint density at radius 2 is 1.23 bits per heavy atom. The van der Waals surface area contributed by atoms with E-state index in [1.165, 1.54) is 6.92 Å². The minimum Gasteiger partial charge on any atom is -0.241 e. The molecule has 0 saturated heterocycles. The van der Waals surface area contributed by atoms with Gasteiger partial charge in [-0.05, 0) is 45.7 Å². The van der Waals surface area contributed by atoms with Gasteiger partial charge in [0.25, 0.3) is 0 Å². The predicted molar refractivity (Wildman–Crippen MR) is 116 cm³/mol. The molecule has 2 atom stereocenters. The SMILES string of the molecule is C/C(=C(/C)S(N)(=O)=O)c1ncc(C)cn1.Cc1cnc([C@@H](C)[C@H](C)S(N)(=O)=O)nc1. The van der Waals surface area contributed by atoms with Gasteiger partial charge in [0, 0.05) is 36.3 Å². The topological polar surface area (TPSA) is 172 Å². The average molecular weight is 457 g/mol. The zero-order chi connectivity index (χ0) is 23.3. The number of primary sulfonamides is 2. The molecule has 0 amide bonds. The molecule has 10 nitrogen and oxygen atoms in total. The largest absolute Gasteiger partial charge is 0.241 e. The summed E-state index contributed by atoms with van der Waals surface area (Å²) in [7, 11) is -7.20. The van der Waals surface area contributed by atoms with Gasteiger partial charge in [-0.15, -0.1) is 0 Å². The fourth-order valence-corrected chi connectivity index (χ4v) is 3.30. The summed E-state index contributed by atoms with van der Waals surface area (Å²) in [5.74, 6) is 0.579. The van der Waals surface area contributed by atoms with Gasteiger partial charge < -0.3 is 0 Å². The number of rotatable bonds is 5. The van der Waals surface area contributed by atoms with Crippen LogP contribution < -0.4 is 10.3 Å². The molecular weight excluding hydrogens is 428 g/mol. The molecule has 12 heteroatoms. The Morgan fingerprint density at radius 3 is 1.60 bits per heavy atom. The van der Waals surface area contributed by atoms with E-state index in [0.717, 1.165) is 11.1 Å². The van der Waals surface area contributed by atoms with E-state index in [0.29, 0.717) is 17.2 Å². The molecule has 0 aliphatic carbocycles.